The second-order valence-corrected chi connectivity index (χ2v) is 7.26. The summed E-state index contributed by atoms with van der Waals surface area (Å²) in [5.74, 6) is -0.661. The first-order chi connectivity index (χ1) is 12.1. The van der Waals surface area contributed by atoms with Crippen LogP contribution in [0.25, 0.3) is 0 Å². The molecule has 0 fully saturated rings. The zero-order valence-electron chi connectivity index (χ0n) is 13.6. The first-order valence-electron chi connectivity index (χ1n) is 7.08. The van der Waals surface area contributed by atoms with E-state index in [4.69, 9.17) is 16.3 Å². The number of halogens is 1. The van der Waals surface area contributed by atoms with Crippen LogP contribution < -0.4 is 10.1 Å². The number of nitrogens with zero attached hydrogens (tertiary/aromatic N) is 3. The second kappa shape index (κ2) is 7.62. The smallest absolute Gasteiger partial charge is 0.296 e. The number of amides is 1. The van der Waals surface area contributed by atoms with Crippen LogP contribution in [0.1, 0.15) is 17.4 Å². The minimum atomic E-state index is -3.77. The molecular formula is C14H13ClN4O6S. The van der Waals surface area contributed by atoms with Gasteiger partial charge in [0.05, 0.1) is 28.8 Å². The van der Waals surface area contributed by atoms with Gasteiger partial charge < -0.3 is 10.1 Å². The van der Waals surface area contributed by atoms with Crippen molar-refractivity contribution in [2.24, 2.45) is 0 Å². The Bertz CT molecular complexity index is 979. The molecule has 0 radical (unpaired) electrons. The van der Waals surface area contributed by atoms with Gasteiger partial charge in [-0.25, -0.2) is 18.4 Å². The van der Waals surface area contributed by atoms with Crippen molar-refractivity contribution in [3.8, 4) is 5.75 Å². The summed E-state index contributed by atoms with van der Waals surface area (Å²) in [6.07, 6.45) is 1.83. The Morgan fingerprint density at radius 3 is 2.69 bits per heavy atom. The van der Waals surface area contributed by atoms with Crippen molar-refractivity contribution in [2.45, 2.75) is 12.1 Å². The summed E-state index contributed by atoms with van der Waals surface area (Å²) in [5.41, 5.74) is -0.956. The first-order valence-corrected chi connectivity index (χ1v) is 9.35. The van der Waals surface area contributed by atoms with Crippen LogP contribution in [0.2, 0.25) is 5.02 Å². The molecule has 0 aliphatic heterocycles. The van der Waals surface area contributed by atoms with Crippen molar-refractivity contribution in [3.63, 3.8) is 0 Å². The highest BCUT2D eigenvalue weighted by Crippen LogP contribution is 2.30. The lowest BCUT2D eigenvalue weighted by Crippen LogP contribution is -2.17. The third kappa shape index (κ3) is 4.43. The zero-order valence-corrected chi connectivity index (χ0v) is 15.2. The van der Waals surface area contributed by atoms with Gasteiger partial charge in [-0.15, -0.1) is 0 Å². The molecule has 26 heavy (non-hydrogen) atoms. The largest absolute Gasteiger partial charge is 0.494 e. The predicted octanol–water partition coefficient (Wildman–Crippen LogP) is 2.09. The molecule has 1 amide bonds. The Kier molecular flexibility index (Phi) is 5.73. The molecule has 0 atom stereocenters. The van der Waals surface area contributed by atoms with Crippen molar-refractivity contribution >= 4 is 38.7 Å². The van der Waals surface area contributed by atoms with E-state index in [2.05, 4.69) is 15.3 Å². The predicted molar refractivity (Wildman–Crippen MR) is 92.4 cm³/mol. The van der Waals surface area contributed by atoms with E-state index in [0.717, 1.165) is 18.5 Å². The van der Waals surface area contributed by atoms with Gasteiger partial charge in [0.1, 0.15) is 11.4 Å². The van der Waals surface area contributed by atoms with E-state index >= 15 is 0 Å². The molecular weight excluding hydrogens is 388 g/mol. The molecule has 0 aliphatic rings. The maximum Gasteiger partial charge on any atom is 0.296 e. The van der Waals surface area contributed by atoms with Gasteiger partial charge >= 0.3 is 0 Å². The Balaban J connectivity index is 2.40. The number of aromatic nitrogens is 2. The van der Waals surface area contributed by atoms with Gasteiger partial charge in [0.25, 0.3) is 11.6 Å². The maximum atomic E-state index is 12.4. The molecule has 0 saturated heterocycles. The minimum absolute atomic E-state index is 0.126. The number of hydrogen-bond acceptors (Lipinski definition) is 8. The Morgan fingerprint density at radius 1 is 1.42 bits per heavy atom. The van der Waals surface area contributed by atoms with E-state index in [1.807, 2.05) is 0 Å². The molecule has 1 aromatic carbocycles. The molecule has 0 spiro atoms. The lowest BCUT2D eigenvalue weighted by molar-refractivity contribution is -0.384. The highest BCUT2D eigenvalue weighted by molar-refractivity contribution is 7.90. The van der Waals surface area contributed by atoms with Gasteiger partial charge in [0, 0.05) is 6.26 Å². The number of hydrogen-bond donors (Lipinski definition) is 1. The third-order valence-corrected chi connectivity index (χ3v) is 4.13. The van der Waals surface area contributed by atoms with Crippen LogP contribution in [0.3, 0.4) is 0 Å². The van der Waals surface area contributed by atoms with Gasteiger partial charge in [-0.2, -0.15) is 0 Å². The molecule has 0 bridgehead atoms. The number of anilines is 1. The molecule has 2 rings (SSSR count). The summed E-state index contributed by atoms with van der Waals surface area (Å²) in [5, 5.41) is 12.7. The summed E-state index contributed by atoms with van der Waals surface area (Å²) in [4.78, 5) is 30.1. The first kappa shape index (κ1) is 19.5. The summed E-state index contributed by atoms with van der Waals surface area (Å²) >= 11 is 5.84. The van der Waals surface area contributed by atoms with E-state index in [9.17, 15) is 23.3 Å². The number of nitrogens with one attached hydrogen (secondary N) is 1. The number of nitro groups is 1. The monoisotopic (exact) mass is 400 g/mol. The van der Waals surface area contributed by atoms with Gasteiger partial charge in [-0.3, -0.25) is 14.9 Å². The molecule has 1 aromatic heterocycles. The number of nitro benzene ring substituents is 1. The fourth-order valence-corrected chi connectivity index (χ4v) is 2.57. The van der Waals surface area contributed by atoms with Gasteiger partial charge in [0.2, 0.25) is 15.0 Å². The SMILES string of the molecule is CCOc1ccc(NC(=O)c2nc(S(C)(=O)=O)ncc2Cl)c([N+](=O)[O-])c1. The van der Waals surface area contributed by atoms with Crippen molar-refractivity contribution in [3.05, 3.63) is 45.2 Å². The van der Waals surface area contributed by atoms with E-state index < -0.39 is 37.2 Å². The van der Waals surface area contributed by atoms with E-state index in [0.29, 0.717) is 6.61 Å². The zero-order chi connectivity index (χ0) is 19.5. The summed E-state index contributed by atoms with van der Waals surface area (Å²) in [7, 11) is -3.77. The topological polar surface area (TPSA) is 141 Å². The lowest BCUT2D eigenvalue weighted by Gasteiger charge is -2.09. The fraction of sp³-hybridized carbons (Fsp3) is 0.214. The average molecular weight is 401 g/mol. The van der Waals surface area contributed by atoms with Crippen LogP contribution in [-0.2, 0) is 9.84 Å². The van der Waals surface area contributed by atoms with Crippen LogP contribution in [0.5, 0.6) is 5.75 Å². The number of benzene rings is 1. The fourth-order valence-electron chi connectivity index (χ4n) is 1.90. The molecule has 10 nitrogen and oxygen atoms in total. The van der Waals surface area contributed by atoms with E-state index in [-0.39, 0.29) is 16.5 Å². The van der Waals surface area contributed by atoms with Crippen LogP contribution in [-0.4, -0.2) is 42.1 Å². The molecule has 0 saturated carbocycles. The average Bonchev–Trinajstić information content (AvgIpc) is 2.55. The molecule has 138 valence electrons. The molecule has 1 N–H and O–H groups in total. The van der Waals surface area contributed by atoms with E-state index in [1.54, 1.807) is 6.92 Å². The normalized spacial score (nSPS) is 11.0. The Morgan fingerprint density at radius 2 is 2.12 bits per heavy atom. The van der Waals surface area contributed by atoms with Crippen LogP contribution in [0, 0.1) is 10.1 Å². The molecule has 0 aliphatic carbocycles. The summed E-state index contributed by atoms with van der Waals surface area (Å²) < 4.78 is 28.2. The van der Waals surface area contributed by atoms with Crippen LogP contribution in [0.4, 0.5) is 11.4 Å². The number of ether oxygens (including phenoxy) is 1. The van der Waals surface area contributed by atoms with E-state index in [1.165, 1.54) is 12.1 Å². The lowest BCUT2D eigenvalue weighted by atomic mass is 10.2. The number of carbonyl (C=O) groups is 1. The molecule has 0 unspecified atom stereocenters. The Labute approximate surface area is 153 Å². The van der Waals surface area contributed by atoms with Crippen LogP contribution in [0.15, 0.2) is 29.6 Å². The van der Waals surface area contributed by atoms with Crippen molar-refractivity contribution in [1.29, 1.82) is 0 Å². The van der Waals surface area contributed by atoms with Crippen molar-refractivity contribution < 1.29 is 22.9 Å². The summed E-state index contributed by atoms with van der Waals surface area (Å²) in [6, 6.07) is 3.88. The maximum absolute atomic E-state index is 12.4. The molecule has 1 heterocycles. The number of sulfone groups is 1. The van der Waals surface area contributed by atoms with Gasteiger partial charge in [0.15, 0.2) is 5.69 Å². The quantitative estimate of drug-likeness (QED) is 0.441. The van der Waals surface area contributed by atoms with Crippen molar-refractivity contribution in [1.82, 2.24) is 9.97 Å². The molecule has 2 aromatic rings. The molecule has 12 heteroatoms. The summed E-state index contributed by atoms with van der Waals surface area (Å²) in [6.45, 7) is 2.03. The van der Waals surface area contributed by atoms with Crippen LogP contribution >= 0.6 is 11.6 Å². The Hall–Kier alpha value is -2.79. The minimum Gasteiger partial charge on any atom is -0.494 e. The highest BCUT2D eigenvalue weighted by Gasteiger charge is 2.22. The highest BCUT2D eigenvalue weighted by atomic mass is 35.5. The van der Waals surface area contributed by atoms with Gasteiger partial charge in [-0.05, 0) is 19.1 Å². The second-order valence-electron chi connectivity index (χ2n) is 4.94. The number of carbonyl (C=O) groups excluding carboxylic acids is 1. The standard InChI is InChI=1S/C14H13ClN4O6S/c1-3-25-8-4-5-10(11(6-8)19(21)22)17-13(20)12-9(15)7-16-14(18-12)26(2,23)24/h4-7H,3H2,1-2H3,(H,17,20). The van der Waals surface area contributed by atoms with Crippen molar-refractivity contribution in [2.75, 3.05) is 18.2 Å². The number of rotatable bonds is 6. The third-order valence-electron chi connectivity index (χ3n) is 2.99. The van der Waals surface area contributed by atoms with Gasteiger partial charge in [-0.1, -0.05) is 11.6 Å².